The van der Waals surface area contributed by atoms with E-state index in [0.717, 1.165) is 44.8 Å². The second-order valence-corrected chi connectivity index (χ2v) is 8.04. The van der Waals surface area contributed by atoms with E-state index >= 15 is 0 Å². The lowest BCUT2D eigenvalue weighted by molar-refractivity contribution is -0.104. The summed E-state index contributed by atoms with van der Waals surface area (Å²) in [6, 6.07) is 6.36. The highest BCUT2D eigenvalue weighted by Gasteiger charge is 2.48. The maximum Gasteiger partial charge on any atom is 0.122 e. The number of pyridine rings is 1. The van der Waals surface area contributed by atoms with Crippen LogP contribution < -0.4 is 5.32 Å². The monoisotopic (exact) mass is 354 g/mol. The van der Waals surface area contributed by atoms with Crippen molar-refractivity contribution >= 4 is 0 Å². The minimum atomic E-state index is 0.0927. The fourth-order valence-electron chi connectivity index (χ4n) is 4.89. The molecule has 2 fully saturated rings. The van der Waals surface area contributed by atoms with Gasteiger partial charge in [-0.15, -0.1) is 0 Å². The number of hydrogen-bond donors (Lipinski definition) is 1. The Kier molecular flexibility index (Phi) is 5.09. The van der Waals surface area contributed by atoms with E-state index in [1.54, 1.807) is 0 Å². The van der Waals surface area contributed by atoms with E-state index in [1.165, 1.54) is 31.4 Å². The van der Waals surface area contributed by atoms with Gasteiger partial charge < -0.3 is 14.6 Å². The summed E-state index contributed by atoms with van der Waals surface area (Å²) in [6.45, 7) is 2.64. The third kappa shape index (κ3) is 3.55. The Hall–Kier alpha value is -1.72. The molecule has 26 heavy (non-hydrogen) atoms. The number of nitrogens with one attached hydrogen (secondary N) is 1. The topological polar surface area (TPSA) is 52.0 Å². The van der Waals surface area contributed by atoms with Gasteiger partial charge in [-0.05, 0) is 50.8 Å². The van der Waals surface area contributed by atoms with Gasteiger partial charge in [0.05, 0.1) is 12.1 Å². The average molecular weight is 354 g/mol. The number of rotatable bonds is 6. The van der Waals surface area contributed by atoms with Crippen LogP contribution in [-0.4, -0.2) is 33.3 Å². The van der Waals surface area contributed by atoms with Crippen molar-refractivity contribution in [2.45, 2.75) is 62.5 Å². The Labute approximate surface area is 156 Å². The minimum absolute atomic E-state index is 0.0927. The van der Waals surface area contributed by atoms with Gasteiger partial charge in [-0.3, -0.25) is 4.98 Å². The summed E-state index contributed by atoms with van der Waals surface area (Å²) < 4.78 is 8.40. The second-order valence-electron chi connectivity index (χ2n) is 8.04. The fraction of sp³-hybridized carbons (Fsp3) is 0.619. The quantitative estimate of drug-likeness (QED) is 0.808. The van der Waals surface area contributed by atoms with Gasteiger partial charge in [-0.25, -0.2) is 4.98 Å². The predicted molar refractivity (Wildman–Crippen MR) is 102 cm³/mol. The summed E-state index contributed by atoms with van der Waals surface area (Å²) in [7, 11) is 2.04. The first-order valence-electron chi connectivity index (χ1n) is 9.94. The first kappa shape index (κ1) is 17.7. The van der Waals surface area contributed by atoms with Crippen molar-refractivity contribution in [3.8, 4) is 0 Å². The second kappa shape index (κ2) is 7.49. The summed E-state index contributed by atoms with van der Waals surface area (Å²) in [5.74, 6) is 1.08. The van der Waals surface area contributed by atoms with Crippen LogP contribution in [0.4, 0.5) is 0 Å². The molecule has 1 aliphatic carbocycles. The lowest BCUT2D eigenvalue weighted by Gasteiger charge is -2.46. The molecule has 0 radical (unpaired) electrons. The lowest BCUT2D eigenvalue weighted by atomic mass is 9.68. The standard InChI is InChI=1S/C21H30N4O/c1-25-14-13-24-19(25)16-22-12-9-20(18-6-2-5-11-23-18)10-15-26-21(17-20)7-3-4-8-21/h2,5-6,11,13-14,22H,3-4,7-10,12,15-17H2,1H3/t20-/m0/s1. The van der Waals surface area contributed by atoms with Gasteiger partial charge in [-0.2, -0.15) is 0 Å². The van der Waals surface area contributed by atoms with E-state index in [-0.39, 0.29) is 11.0 Å². The van der Waals surface area contributed by atoms with Crippen LogP contribution in [0.1, 0.15) is 56.5 Å². The van der Waals surface area contributed by atoms with Gasteiger partial charge in [0, 0.05) is 43.4 Å². The molecule has 0 bridgehead atoms. The van der Waals surface area contributed by atoms with Gasteiger partial charge in [0.25, 0.3) is 0 Å². The first-order valence-corrected chi connectivity index (χ1v) is 9.94. The molecule has 3 heterocycles. The van der Waals surface area contributed by atoms with Crippen LogP contribution in [0.25, 0.3) is 0 Å². The van der Waals surface area contributed by atoms with Crippen molar-refractivity contribution in [2.75, 3.05) is 13.2 Å². The Balaban J connectivity index is 1.47. The van der Waals surface area contributed by atoms with Crippen LogP contribution in [0.3, 0.4) is 0 Å². The van der Waals surface area contributed by atoms with Gasteiger partial charge in [0.2, 0.25) is 0 Å². The van der Waals surface area contributed by atoms with Crippen molar-refractivity contribution in [3.63, 3.8) is 0 Å². The number of hydrogen-bond acceptors (Lipinski definition) is 4. The zero-order chi connectivity index (χ0) is 17.9. The molecular weight excluding hydrogens is 324 g/mol. The zero-order valence-corrected chi connectivity index (χ0v) is 15.8. The molecule has 2 aromatic heterocycles. The third-order valence-electron chi connectivity index (χ3n) is 6.36. The molecule has 0 unspecified atom stereocenters. The highest BCUT2D eigenvalue weighted by Crippen LogP contribution is 2.49. The van der Waals surface area contributed by atoms with Crippen LogP contribution in [0, 0.1) is 0 Å². The van der Waals surface area contributed by atoms with Crippen molar-refractivity contribution < 1.29 is 4.74 Å². The number of aryl methyl sites for hydroxylation is 1. The molecule has 5 heteroatoms. The van der Waals surface area contributed by atoms with E-state index in [1.807, 2.05) is 31.7 Å². The summed E-state index contributed by atoms with van der Waals surface area (Å²) in [5, 5.41) is 3.60. The molecule has 4 rings (SSSR count). The molecule has 1 saturated carbocycles. The fourth-order valence-corrected chi connectivity index (χ4v) is 4.89. The normalized spacial score (nSPS) is 25.0. The molecule has 1 N–H and O–H groups in total. The highest BCUT2D eigenvalue weighted by molar-refractivity contribution is 5.20. The van der Waals surface area contributed by atoms with Crippen molar-refractivity contribution in [2.24, 2.45) is 7.05 Å². The Morgan fingerprint density at radius 1 is 1.15 bits per heavy atom. The molecule has 5 nitrogen and oxygen atoms in total. The molecule has 1 aliphatic heterocycles. The predicted octanol–water partition coefficient (Wildman–Crippen LogP) is 3.36. The Morgan fingerprint density at radius 3 is 2.77 bits per heavy atom. The van der Waals surface area contributed by atoms with Crippen molar-refractivity contribution in [3.05, 3.63) is 48.3 Å². The van der Waals surface area contributed by atoms with Gasteiger partial charge in [0.1, 0.15) is 5.82 Å². The molecule has 140 valence electrons. The van der Waals surface area contributed by atoms with E-state index in [9.17, 15) is 0 Å². The molecule has 1 atom stereocenters. The van der Waals surface area contributed by atoms with Crippen LogP contribution in [-0.2, 0) is 23.7 Å². The summed E-state index contributed by atoms with van der Waals surface area (Å²) in [6.07, 6.45) is 14.1. The zero-order valence-electron chi connectivity index (χ0n) is 15.8. The molecule has 2 aromatic rings. The van der Waals surface area contributed by atoms with Crippen LogP contribution in [0.2, 0.25) is 0 Å². The van der Waals surface area contributed by atoms with Gasteiger partial charge in [0.15, 0.2) is 0 Å². The number of nitrogens with zero attached hydrogens (tertiary/aromatic N) is 3. The maximum atomic E-state index is 6.32. The van der Waals surface area contributed by atoms with E-state index in [2.05, 4.69) is 27.0 Å². The molecule has 2 aliphatic rings. The van der Waals surface area contributed by atoms with Crippen LogP contribution in [0.5, 0.6) is 0 Å². The largest absolute Gasteiger partial charge is 0.375 e. The molecular formula is C21H30N4O. The van der Waals surface area contributed by atoms with E-state index < -0.39 is 0 Å². The molecule has 0 aromatic carbocycles. The highest BCUT2D eigenvalue weighted by atomic mass is 16.5. The third-order valence-corrected chi connectivity index (χ3v) is 6.36. The Bertz CT molecular complexity index is 708. The van der Waals surface area contributed by atoms with Crippen molar-refractivity contribution in [1.29, 1.82) is 0 Å². The van der Waals surface area contributed by atoms with Crippen LogP contribution in [0.15, 0.2) is 36.8 Å². The van der Waals surface area contributed by atoms with E-state index in [0.29, 0.717) is 0 Å². The van der Waals surface area contributed by atoms with E-state index in [4.69, 9.17) is 9.72 Å². The number of imidazole rings is 1. The minimum Gasteiger partial charge on any atom is -0.375 e. The van der Waals surface area contributed by atoms with Crippen LogP contribution >= 0.6 is 0 Å². The first-order chi connectivity index (χ1) is 12.7. The van der Waals surface area contributed by atoms with Gasteiger partial charge >= 0.3 is 0 Å². The SMILES string of the molecule is Cn1ccnc1CNCC[C@]1(c2ccccn2)CCOC2(CCCC2)C1. The molecule has 1 spiro atoms. The summed E-state index contributed by atoms with van der Waals surface area (Å²) >= 11 is 0. The summed E-state index contributed by atoms with van der Waals surface area (Å²) in [4.78, 5) is 9.17. The van der Waals surface area contributed by atoms with Gasteiger partial charge in [-0.1, -0.05) is 18.9 Å². The average Bonchev–Trinajstić information content (AvgIpc) is 3.29. The Morgan fingerprint density at radius 2 is 2.04 bits per heavy atom. The molecule has 1 saturated heterocycles. The maximum absolute atomic E-state index is 6.32. The van der Waals surface area contributed by atoms with Crippen molar-refractivity contribution in [1.82, 2.24) is 19.9 Å². The summed E-state index contributed by atoms with van der Waals surface area (Å²) in [5.41, 5.74) is 1.46. The lowest BCUT2D eigenvalue weighted by Crippen LogP contribution is -2.47. The number of aromatic nitrogens is 3. The molecule has 0 amide bonds. The number of ether oxygens (including phenoxy) is 1. The smallest absolute Gasteiger partial charge is 0.122 e.